The van der Waals surface area contributed by atoms with Gasteiger partial charge in [0.15, 0.2) is 0 Å². The fourth-order valence-corrected chi connectivity index (χ4v) is 1.67. The average molecular weight is 201 g/mol. The minimum absolute atomic E-state index is 0.0931. The Labute approximate surface area is 88.8 Å². The molecular formula is C11H27N3. The summed E-state index contributed by atoms with van der Waals surface area (Å²) in [6.45, 7) is 14.5. The summed E-state index contributed by atoms with van der Waals surface area (Å²) in [6.07, 6.45) is 0. The van der Waals surface area contributed by atoms with Gasteiger partial charge in [-0.25, -0.2) is 0 Å². The molecule has 0 radical (unpaired) electrons. The minimum Gasteiger partial charge on any atom is -0.330 e. The van der Waals surface area contributed by atoms with Gasteiger partial charge in [-0.2, -0.15) is 0 Å². The van der Waals surface area contributed by atoms with Crippen molar-refractivity contribution in [3.05, 3.63) is 0 Å². The molecule has 0 aliphatic heterocycles. The molecule has 0 aromatic heterocycles. The third-order valence-electron chi connectivity index (χ3n) is 3.74. The molecule has 0 saturated heterocycles. The smallest absolute Gasteiger partial charge is 0.0216 e. The quantitative estimate of drug-likeness (QED) is 0.675. The molecule has 0 rings (SSSR count). The van der Waals surface area contributed by atoms with Gasteiger partial charge in [-0.3, -0.25) is 4.90 Å². The highest BCUT2D eigenvalue weighted by Gasteiger charge is 2.39. The zero-order chi connectivity index (χ0) is 11.4. The minimum atomic E-state index is 0.0931. The highest BCUT2D eigenvalue weighted by Crippen LogP contribution is 2.34. The number of nitrogens with two attached hydrogens (primary N) is 2. The van der Waals surface area contributed by atoms with Crippen molar-refractivity contribution in [3.8, 4) is 0 Å². The standard InChI is InChI=1S/C11H27N3/c1-6-14(8-7-12)11(4,5)10(2,3)9-13/h6-9,12-13H2,1-5H3. The van der Waals surface area contributed by atoms with Gasteiger partial charge in [-0.15, -0.1) is 0 Å². The molecule has 3 nitrogen and oxygen atoms in total. The maximum Gasteiger partial charge on any atom is 0.0216 e. The summed E-state index contributed by atoms with van der Waals surface area (Å²) >= 11 is 0. The molecule has 0 unspecified atom stereocenters. The lowest BCUT2D eigenvalue weighted by Crippen LogP contribution is -2.57. The summed E-state index contributed by atoms with van der Waals surface area (Å²) < 4.78 is 0. The first-order valence-electron chi connectivity index (χ1n) is 5.48. The fraction of sp³-hybridized carbons (Fsp3) is 1.00. The van der Waals surface area contributed by atoms with Crippen molar-refractivity contribution in [1.82, 2.24) is 4.90 Å². The van der Waals surface area contributed by atoms with E-state index in [1.165, 1.54) is 0 Å². The first kappa shape index (κ1) is 13.9. The monoisotopic (exact) mass is 201 g/mol. The van der Waals surface area contributed by atoms with Crippen molar-refractivity contribution in [2.75, 3.05) is 26.2 Å². The molecule has 4 N–H and O–H groups in total. The number of likely N-dealkylation sites (N-methyl/N-ethyl adjacent to an activating group) is 1. The van der Waals surface area contributed by atoms with E-state index in [1.807, 2.05) is 0 Å². The van der Waals surface area contributed by atoms with E-state index in [9.17, 15) is 0 Å². The molecule has 0 heterocycles. The van der Waals surface area contributed by atoms with Crippen LogP contribution in [0.5, 0.6) is 0 Å². The van der Waals surface area contributed by atoms with Gasteiger partial charge in [0.2, 0.25) is 0 Å². The van der Waals surface area contributed by atoms with Gasteiger partial charge < -0.3 is 11.5 Å². The lowest BCUT2D eigenvalue weighted by Gasteiger charge is -2.48. The number of hydrogen-bond acceptors (Lipinski definition) is 3. The molecule has 14 heavy (non-hydrogen) atoms. The van der Waals surface area contributed by atoms with Gasteiger partial charge in [-0.1, -0.05) is 20.8 Å². The van der Waals surface area contributed by atoms with Crippen LogP contribution in [0.15, 0.2) is 0 Å². The van der Waals surface area contributed by atoms with Crippen LogP contribution >= 0.6 is 0 Å². The molecule has 0 aliphatic carbocycles. The molecule has 0 aromatic carbocycles. The predicted molar refractivity (Wildman–Crippen MR) is 63.2 cm³/mol. The molecule has 3 heteroatoms. The van der Waals surface area contributed by atoms with Crippen molar-refractivity contribution in [2.45, 2.75) is 40.2 Å². The molecule has 0 aromatic rings. The Hall–Kier alpha value is -0.120. The lowest BCUT2D eigenvalue weighted by molar-refractivity contribution is 0.0222. The first-order valence-corrected chi connectivity index (χ1v) is 5.48. The van der Waals surface area contributed by atoms with E-state index in [1.54, 1.807) is 0 Å². The van der Waals surface area contributed by atoms with Crippen molar-refractivity contribution in [3.63, 3.8) is 0 Å². The number of hydrogen-bond donors (Lipinski definition) is 2. The maximum absolute atomic E-state index is 5.82. The number of nitrogens with zero attached hydrogens (tertiary/aromatic N) is 1. The highest BCUT2D eigenvalue weighted by molar-refractivity contribution is 4.95. The van der Waals surface area contributed by atoms with Gasteiger partial charge in [0.05, 0.1) is 0 Å². The summed E-state index contributed by atoms with van der Waals surface area (Å²) in [4.78, 5) is 2.40. The Bertz CT molecular complexity index is 164. The first-order chi connectivity index (χ1) is 6.33. The van der Waals surface area contributed by atoms with Crippen LogP contribution in [0.25, 0.3) is 0 Å². The van der Waals surface area contributed by atoms with Crippen LogP contribution < -0.4 is 11.5 Å². The van der Waals surface area contributed by atoms with Gasteiger partial charge in [0, 0.05) is 18.6 Å². The Morgan fingerprint density at radius 3 is 1.86 bits per heavy atom. The number of rotatable bonds is 6. The van der Waals surface area contributed by atoms with Gasteiger partial charge in [-0.05, 0) is 32.4 Å². The largest absolute Gasteiger partial charge is 0.330 e. The van der Waals surface area contributed by atoms with E-state index in [0.29, 0.717) is 13.1 Å². The van der Waals surface area contributed by atoms with E-state index in [-0.39, 0.29) is 11.0 Å². The summed E-state index contributed by atoms with van der Waals surface area (Å²) in [5, 5.41) is 0. The summed E-state index contributed by atoms with van der Waals surface area (Å²) in [6, 6.07) is 0. The van der Waals surface area contributed by atoms with Crippen LogP contribution in [0.1, 0.15) is 34.6 Å². The van der Waals surface area contributed by atoms with E-state index in [4.69, 9.17) is 11.5 Å². The van der Waals surface area contributed by atoms with Crippen LogP contribution in [0.2, 0.25) is 0 Å². The van der Waals surface area contributed by atoms with Crippen LogP contribution in [-0.2, 0) is 0 Å². The second kappa shape index (κ2) is 5.10. The van der Waals surface area contributed by atoms with Gasteiger partial charge in [0.25, 0.3) is 0 Å². The Morgan fingerprint density at radius 1 is 1.07 bits per heavy atom. The van der Waals surface area contributed by atoms with Crippen molar-refractivity contribution < 1.29 is 0 Å². The topological polar surface area (TPSA) is 55.3 Å². The second-order valence-electron chi connectivity index (χ2n) is 5.02. The summed E-state index contributed by atoms with van der Waals surface area (Å²) in [5.41, 5.74) is 11.6. The molecule has 0 atom stereocenters. The Balaban J connectivity index is 4.70. The molecule has 0 aliphatic rings. The van der Waals surface area contributed by atoms with Crippen LogP contribution in [0, 0.1) is 5.41 Å². The van der Waals surface area contributed by atoms with Crippen molar-refractivity contribution >= 4 is 0 Å². The third kappa shape index (κ3) is 2.69. The zero-order valence-electron chi connectivity index (χ0n) is 10.4. The third-order valence-corrected chi connectivity index (χ3v) is 3.74. The van der Waals surface area contributed by atoms with Crippen LogP contribution in [0.3, 0.4) is 0 Å². The summed E-state index contributed by atoms with van der Waals surface area (Å²) in [7, 11) is 0. The van der Waals surface area contributed by atoms with Crippen molar-refractivity contribution in [2.24, 2.45) is 16.9 Å². The van der Waals surface area contributed by atoms with E-state index >= 15 is 0 Å². The second-order valence-corrected chi connectivity index (χ2v) is 5.02. The molecule has 0 spiro atoms. The lowest BCUT2D eigenvalue weighted by atomic mass is 9.73. The van der Waals surface area contributed by atoms with Crippen LogP contribution in [0.4, 0.5) is 0 Å². The SMILES string of the molecule is CCN(CCN)C(C)(C)C(C)(C)CN. The molecule has 0 saturated carbocycles. The van der Waals surface area contributed by atoms with Gasteiger partial charge >= 0.3 is 0 Å². The van der Waals surface area contributed by atoms with Gasteiger partial charge in [0.1, 0.15) is 0 Å². The summed E-state index contributed by atoms with van der Waals surface area (Å²) in [5.74, 6) is 0. The van der Waals surface area contributed by atoms with E-state index in [2.05, 4.69) is 39.5 Å². The van der Waals surface area contributed by atoms with Crippen molar-refractivity contribution in [1.29, 1.82) is 0 Å². The Kier molecular flexibility index (Phi) is 5.06. The normalized spacial score (nSPS) is 13.7. The highest BCUT2D eigenvalue weighted by atomic mass is 15.2. The maximum atomic E-state index is 5.82. The predicted octanol–water partition coefficient (Wildman–Crippen LogP) is 1.03. The molecule has 0 amide bonds. The molecule has 0 bridgehead atoms. The average Bonchev–Trinajstić information content (AvgIpc) is 2.13. The molecule has 86 valence electrons. The zero-order valence-corrected chi connectivity index (χ0v) is 10.4. The van der Waals surface area contributed by atoms with Crippen LogP contribution in [-0.4, -0.2) is 36.6 Å². The van der Waals surface area contributed by atoms with E-state index in [0.717, 1.165) is 13.1 Å². The fourth-order valence-electron chi connectivity index (χ4n) is 1.67. The molecule has 0 fully saturated rings. The Morgan fingerprint density at radius 2 is 1.57 bits per heavy atom. The van der Waals surface area contributed by atoms with E-state index < -0.39 is 0 Å². The molecular weight excluding hydrogens is 174 g/mol.